The monoisotopic (exact) mass is 367 g/mol. The van der Waals surface area contributed by atoms with Gasteiger partial charge in [0.1, 0.15) is 10.8 Å². The van der Waals surface area contributed by atoms with Gasteiger partial charge in [-0.05, 0) is 54.6 Å². The third-order valence-electron chi connectivity index (χ3n) is 3.78. The van der Waals surface area contributed by atoms with E-state index in [-0.39, 0.29) is 11.5 Å². The van der Waals surface area contributed by atoms with E-state index in [0.29, 0.717) is 11.3 Å². The molecule has 0 saturated carbocycles. The highest BCUT2D eigenvalue weighted by atomic mass is 32.2. The normalized spacial score (nSPS) is 10.6. The first-order chi connectivity index (χ1) is 12.6. The van der Waals surface area contributed by atoms with Gasteiger partial charge in [0, 0.05) is 16.8 Å². The number of aryl methyl sites for hydroxylation is 1. The molecule has 0 atom stereocenters. The van der Waals surface area contributed by atoms with Gasteiger partial charge in [0.25, 0.3) is 5.91 Å². The van der Waals surface area contributed by atoms with Crippen molar-refractivity contribution >= 4 is 23.4 Å². The van der Waals surface area contributed by atoms with E-state index in [0.717, 1.165) is 22.0 Å². The molecule has 1 aromatic heterocycles. The van der Waals surface area contributed by atoms with Gasteiger partial charge < -0.3 is 5.32 Å². The molecule has 0 aliphatic carbocycles. The number of hydrogen-bond donors (Lipinski definition) is 1. The van der Waals surface area contributed by atoms with E-state index in [4.69, 9.17) is 0 Å². The lowest BCUT2D eigenvalue weighted by Gasteiger charge is -2.08. The SMILES string of the molecule is CCSc1ccc(-c2cccc(NC(=O)c3ccc(C)c(F)c3)c2)nn1. The van der Waals surface area contributed by atoms with Crippen molar-refractivity contribution in [1.82, 2.24) is 10.2 Å². The maximum Gasteiger partial charge on any atom is 0.255 e. The summed E-state index contributed by atoms with van der Waals surface area (Å²) in [5, 5.41) is 12.1. The number of carbonyl (C=O) groups is 1. The number of anilines is 1. The van der Waals surface area contributed by atoms with Crippen LogP contribution in [0.25, 0.3) is 11.3 Å². The van der Waals surface area contributed by atoms with Crippen molar-refractivity contribution in [2.45, 2.75) is 18.9 Å². The van der Waals surface area contributed by atoms with E-state index < -0.39 is 5.82 Å². The van der Waals surface area contributed by atoms with Gasteiger partial charge in [-0.25, -0.2) is 4.39 Å². The van der Waals surface area contributed by atoms with Crippen molar-refractivity contribution in [3.05, 3.63) is 71.5 Å². The standard InChI is InChI=1S/C20H18FN3OS/c1-3-26-19-10-9-18(23-24-19)14-5-4-6-16(11-14)22-20(25)15-8-7-13(2)17(21)12-15/h4-12H,3H2,1-2H3,(H,22,25). The Morgan fingerprint density at radius 1 is 1.12 bits per heavy atom. The number of benzene rings is 2. The van der Waals surface area contributed by atoms with Crippen molar-refractivity contribution in [2.75, 3.05) is 11.1 Å². The second-order valence-corrected chi connectivity index (χ2v) is 6.97. The summed E-state index contributed by atoms with van der Waals surface area (Å²) in [5.74, 6) is 0.184. The van der Waals surface area contributed by atoms with Crippen LogP contribution in [-0.4, -0.2) is 21.9 Å². The fourth-order valence-corrected chi connectivity index (χ4v) is 2.95. The van der Waals surface area contributed by atoms with Crippen LogP contribution in [-0.2, 0) is 0 Å². The summed E-state index contributed by atoms with van der Waals surface area (Å²) >= 11 is 1.63. The zero-order chi connectivity index (χ0) is 18.5. The van der Waals surface area contributed by atoms with Crippen molar-refractivity contribution in [3.63, 3.8) is 0 Å². The highest BCUT2D eigenvalue weighted by Crippen LogP contribution is 2.23. The zero-order valence-electron chi connectivity index (χ0n) is 14.5. The topological polar surface area (TPSA) is 54.9 Å². The maximum absolute atomic E-state index is 13.7. The fourth-order valence-electron chi connectivity index (χ4n) is 2.39. The number of aromatic nitrogens is 2. The van der Waals surface area contributed by atoms with Crippen LogP contribution < -0.4 is 5.32 Å². The predicted molar refractivity (Wildman–Crippen MR) is 103 cm³/mol. The first-order valence-electron chi connectivity index (χ1n) is 8.21. The van der Waals surface area contributed by atoms with E-state index in [1.165, 1.54) is 6.07 Å². The third kappa shape index (κ3) is 4.26. The number of nitrogens with one attached hydrogen (secondary N) is 1. The molecule has 0 fully saturated rings. The second-order valence-electron chi connectivity index (χ2n) is 5.69. The minimum Gasteiger partial charge on any atom is -0.322 e. The number of carbonyl (C=O) groups excluding carboxylic acids is 1. The van der Waals surface area contributed by atoms with Crippen LogP contribution in [0.2, 0.25) is 0 Å². The Morgan fingerprint density at radius 2 is 1.96 bits per heavy atom. The largest absolute Gasteiger partial charge is 0.322 e. The Kier molecular flexibility index (Phi) is 5.63. The first kappa shape index (κ1) is 18.1. The predicted octanol–water partition coefficient (Wildman–Crippen LogP) is 4.96. The molecule has 0 aliphatic rings. The van der Waals surface area contributed by atoms with Crippen LogP contribution >= 0.6 is 11.8 Å². The van der Waals surface area contributed by atoms with Crippen LogP contribution in [0.5, 0.6) is 0 Å². The lowest BCUT2D eigenvalue weighted by Crippen LogP contribution is -2.12. The highest BCUT2D eigenvalue weighted by molar-refractivity contribution is 7.99. The smallest absolute Gasteiger partial charge is 0.255 e. The van der Waals surface area contributed by atoms with Gasteiger partial charge in [-0.1, -0.05) is 25.1 Å². The molecule has 0 spiro atoms. The Hall–Kier alpha value is -2.73. The van der Waals surface area contributed by atoms with Crippen LogP contribution in [0.15, 0.2) is 59.6 Å². The molecule has 0 radical (unpaired) electrons. The number of rotatable bonds is 5. The summed E-state index contributed by atoms with van der Waals surface area (Å²) in [4.78, 5) is 12.3. The maximum atomic E-state index is 13.7. The molecule has 0 unspecified atom stereocenters. The Labute approximate surface area is 155 Å². The van der Waals surface area contributed by atoms with Crippen molar-refractivity contribution < 1.29 is 9.18 Å². The Morgan fingerprint density at radius 3 is 2.65 bits per heavy atom. The summed E-state index contributed by atoms with van der Waals surface area (Å²) in [5.41, 5.74) is 2.97. The average molecular weight is 367 g/mol. The van der Waals surface area contributed by atoms with Gasteiger partial charge in [0.05, 0.1) is 5.69 Å². The zero-order valence-corrected chi connectivity index (χ0v) is 15.3. The lowest BCUT2D eigenvalue weighted by molar-refractivity contribution is 0.102. The van der Waals surface area contributed by atoms with E-state index >= 15 is 0 Å². The molecule has 2 aromatic carbocycles. The Balaban J connectivity index is 1.78. The number of amides is 1. The molecular formula is C20H18FN3OS. The first-order valence-corrected chi connectivity index (χ1v) is 9.20. The van der Waals surface area contributed by atoms with Gasteiger partial charge >= 0.3 is 0 Å². The second kappa shape index (κ2) is 8.10. The van der Waals surface area contributed by atoms with Crippen molar-refractivity contribution in [2.24, 2.45) is 0 Å². The minimum atomic E-state index is -0.397. The van der Waals surface area contributed by atoms with Crippen molar-refractivity contribution in [1.29, 1.82) is 0 Å². The molecule has 4 nitrogen and oxygen atoms in total. The number of nitrogens with zero attached hydrogens (tertiary/aromatic N) is 2. The molecule has 0 saturated heterocycles. The molecule has 0 bridgehead atoms. The molecule has 1 N–H and O–H groups in total. The molecule has 1 heterocycles. The van der Waals surface area contributed by atoms with E-state index in [2.05, 4.69) is 22.4 Å². The molecular weight excluding hydrogens is 349 g/mol. The van der Waals surface area contributed by atoms with Crippen LogP contribution in [0.4, 0.5) is 10.1 Å². The fraction of sp³-hybridized carbons (Fsp3) is 0.150. The van der Waals surface area contributed by atoms with E-state index in [1.54, 1.807) is 36.9 Å². The lowest BCUT2D eigenvalue weighted by atomic mass is 10.1. The van der Waals surface area contributed by atoms with E-state index in [9.17, 15) is 9.18 Å². The summed E-state index contributed by atoms with van der Waals surface area (Å²) in [6, 6.07) is 15.6. The summed E-state index contributed by atoms with van der Waals surface area (Å²) in [6.45, 7) is 3.72. The summed E-state index contributed by atoms with van der Waals surface area (Å²) < 4.78 is 13.7. The molecule has 1 amide bonds. The van der Waals surface area contributed by atoms with Crippen molar-refractivity contribution in [3.8, 4) is 11.3 Å². The van der Waals surface area contributed by atoms with Gasteiger partial charge in [0.15, 0.2) is 0 Å². The average Bonchev–Trinajstić information content (AvgIpc) is 2.65. The van der Waals surface area contributed by atoms with Crippen LogP contribution in [0.1, 0.15) is 22.8 Å². The Bertz CT molecular complexity index is 929. The van der Waals surface area contributed by atoms with Gasteiger partial charge in [0.2, 0.25) is 0 Å². The molecule has 6 heteroatoms. The molecule has 132 valence electrons. The summed E-state index contributed by atoms with van der Waals surface area (Å²) in [6.07, 6.45) is 0. The van der Waals surface area contributed by atoms with Crippen LogP contribution in [0, 0.1) is 12.7 Å². The molecule has 26 heavy (non-hydrogen) atoms. The highest BCUT2D eigenvalue weighted by Gasteiger charge is 2.10. The number of halogens is 1. The number of hydrogen-bond acceptors (Lipinski definition) is 4. The quantitative estimate of drug-likeness (QED) is 0.648. The van der Waals surface area contributed by atoms with Crippen LogP contribution in [0.3, 0.4) is 0 Å². The van der Waals surface area contributed by atoms with Gasteiger partial charge in [-0.3, -0.25) is 4.79 Å². The van der Waals surface area contributed by atoms with E-state index in [1.807, 2.05) is 30.3 Å². The van der Waals surface area contributed by atoms with Gasteiger partial charge in [-0.15, -0.1) is 22.0 Å². The molecule has 0 aliphatic heterocycles. The molecule has 3 aromatic rings. The third-order valence-corrected chi connectivity index (χ3v) is 4.58. The number of thioether (sulfide) groups is 1. The summed E-state index contributed by atoms with van der Waals surface area (Å²) in [7, 11) is 0. The molecule has 3 rings (SSSR count). The minimum absolute atomic E-state index is 0.277. The van der Waals surface area contributed by atoms with Gasteiger partial charge in [-0.2, -0.15) is 0 Å².